The third-order valence-corrected chi connectivity index (χ3v) is 4.09. The van der Waals surface area contributed by atoms with Crippen LogP contribution in [0, 0.1) is 5.92 Å². The van der Waals surface area contributed by atoms with Crippen LogP contribution in [0.25, 0.3) is 0 Å². The van der Waals surface area contributed by atoms with Crippen molar-refractivity contribution in [3.05, 3.63) is 0 Å². The van der Waals surface area contributed by atoms with Crippen molar-refractivity contribution in [3.8, 4) is 0 Å². The summed E-state index contributed by atoms with van der Waals surface area (Å²) in [5, 5.41) is 0.797. The Morgan fingerprint density at radius 2 is 2.14 bits per heavy atom. The van der Waals surface area contributed by atoms with E-state index >= 15 is 0 Å². The number of rotatable bonds is 3. The minimum absolute atomic E-state index is 0.0520. The van der Waals surface area contributed by atoms with Crippen LogP contribution in [0.15, 0.2) is 0 Å². The van der Waals surface area contributed by atoms with Crippen molar-refractivity contribution >= 4 is 11.8 Å². The van der Waals surface area contributed by atoms with Crippen LogP contribution >= 0.6 is 11.8 Å². The molecule has 0 amide bonds. The van der Waals surface area contributed by atoms with E-state index in [9.17, 15) is 0 Å². The summed E-state index contributed by atoms with van der Waals surface area (Å²) in [6.45, 7) is 12.3. The van der Waals surface area contributed by atoms with Crippen molar-refractivity contribution in [3.63, 3.8) is 0 Å². The molecule has 1 heterocycles. The summed E-state index contributed by atoms with van der Waals surface area (Å²) >= 11 is 2.12. The molecule has 84 valence electrons. The lowest BCUT2D eigenvalue weighted by molar-refractivity contribution is 0.223. The second kappa shape index (κ2) is 4.86. The van der Waals surface area contributed by atoms with Gasteiger partial charge in [-0.1, -0.05) is 13.8 Å². The Hall–Kier alpha value is 0.270. The maximum atomic E-state index is 6.04. The van der Waals surface area contributed by atoms with Gasteiger partial charge in [-0.3, -0.25) is 4.90 Å². The average Bonchev–Trinajstić information content (AvgIpc) is 2.01. The molecule has 0 saturated carbocycles. The largest absolute Gasteiger partial charge is 0.324 e. The van der Waals surface area contributed by atoms with Gasteiger partial charge in [-0.25, -0.2) is 0 Å². The molecule has 3 heteroatoms. The van der Waals surface area contributed by atoms with Gasteiger partial charge in [0.25, 0.3) is 0 Å². The third kappa shape index (κ3) is 4.20. The van der Waals surface area contributed by atoms with Gasteiger partial charge in [0.15, 0.2) is 0 Å². The summed E-state index contributed by atoms with van der Waals surface area (Å²) in [7, 11) is 0. The third-order valence-electron chi connectivity index (χ3n) is 2.55. The summed E-state index contributed by atoms with van der Waals surface area (Å²) in [5.74, 6) is 2.04. The van der Waals surface area contributed by atoms with Crippen LogP contribution in [0.3, 0.4) is 0 Å². The minimum atomic E-state index is -0.0520. The van der Waals surface area contributed by atoms with Crippen LogP contribution < -0.4 is 5.73 Å². The Morgan fingerprint density at radius 1 is 1.50 bits per heavy atom. The average molecular weight is 216 g/mol. The zero-order valence-corrected chi connectivity index (χ0v) is 10.7. The van der Waals surface area contributed by atoms with Crippen LogP contribution in [-0.4, -0.2) is 41.1 Å². The first kappa shape index (κ1) is 12.3. The summed E-state index contributed by atoms with van der Waals surface area (Å²) in [6.07, 6.45) is 0. The number of nitrogens with two attached hydrogens (primary N) is 1. The van der Waals surface area contributed by atoms with Crippen molar-refractivity contribution < 1.29 is 0 Å². The van der Waals surface area contributed by atoms with E-state index in [4.69, 9.17) is 5.73 Å². The molecule has 14 heavy (non-hydrogen) atoms. The predicted octanol–water partition coefficient (Wildman–Crippen LogP) is 1.80. The molecule has 1 rings (SSSR count). The Labute approximate surface area is 92.6 Å². The standard InChI is InChI=1S/C11H24N2S/c1-9(2)10-7-13(5-6-14-10)8-11(3,4)12/h9-10H,5-8,12H2,1-4H3. The molecule has 1 atom stereocenters. The fourth-order valence-electron chi connectivity index (χ4n) is 1.85. The molecule has 2 N–H and O–H groups in total. The highest BCUT2D eigenvalue weighted by Gasteiger charge is 2.25. The fraction of sp³-hybridized carbons (Fsp3) is 1.00. The van der Waals surface area contributed by atoms with E-state index in [1.54, 1.807) is 0 Å². The zero-order chi connectivity index (χ0) is 10.8. The molecular weight excluding hydrogens is 192 g/mol. The van der Waals surface area contributed by atoms with Gasteiger partial charge in [0, 0.05) is 36.2 Å². The van der Waals surface area contributed by atoms with Crippen LogP contribution in [-0.2, 0) is 0 Å². The van der Waals surface area contributed by atoms with E-state index < -0.39 is 0 Å². The lowest BCUT2D eigenvalue weighted by atomic mass is 10.1. The first-order valence-electron chi connectivity index (χ1n) is 5.51. The molecule has 1 saturated heterocycles. The molecular formula is C11H24N2S. The second-order valence-corrected chi connectivity index (χ2v) is 6.72. The quantitative estimate of drug-likeness (QED) is 0.780. The van der Waals surface area contributed by atoms with Gasteiger partial charge in [-0.2, -0.15) is 11.8 Å². The van der Waals surface area contributed by atoms with Gasteiger partial charge in [0.2, 0.25) is 0 Å². The van der Waals surface area contributed by atoms with E-state index in [0.29, 0.717) is 0 Å². The second-order valence-electron chi connectivity index (χ2n) is 5.38. The van der Waals surface area contributed by atoms with Gasteiger partial charge in [-0.05, 0) is 19.8 Å². The van der Waals surface area contributed by atoms with Crippen molar-refractivity contribution in [1.29, 1.82) is 0 Å². The van der Waals surface area contributed by atoms with Crippen LogP contribution in [0.4, 0.5) is 0 Å². The number of hydrogen-bond donors (Lipinski definition) is 1. The summed E-state index contributed by atoms with van der Waals surface area (Å²) in [4.78, 5) is 2.52. The lowest BCUT2D eigenvalue weighted by Gasteiger charge is -2.37. The normalized spacial score (nSPS) is 25.7. The molecule has 0 aliphatic carbocycles. The Balaban J connectivity index is 2.40. The van der Waals surface area contributed by atoms with E-state index in [2.05, 4.69) is 44.4 Å². The fourth-order valence-corrected chi connectivity index (χ4v) is 3.22. The van der Waals surface area contributed by atoms with E-state index in [1.807, 2.05) is 0 Å². The molecule has 0 aromatic carbocycles. The van der Waals surface area contributed by atoms with Gasteiger partial charge < -0.3 is 5.73 Å². The van der Waals surface area contributed by atoms with Crippen molar-refractivity contribution in [2.24, 2.45) is 11.7 Å². The summed E-state index contributed by atoms with van der Waals surface area (Å²) < 4.78 is 0. The maximum Gasteiger partial charge on any atom is 0.0226 e. The van der Waals surface area contributed by atoms with Gasteiger partial charge in [-0.15, -0.1) is 0 Å². The molecule has 1 unspecified atom stereocenters. The molecule has 0 bridgehead atoms. The van der Waals surface area contributed by atoms with E-state index in [1.165, 1.54) is 18.8 Å². The van der Waals surface area contributed by atoms with E-state index in [-0.39, 0.29) is 5.54 Å². The summed E-state index contributed by atoms with van der Waals surface area (Å²) in [6, 6.07) is 0. The molecule has 1 fully saturated rings. The number of hydrogen-bond acceptors (Lipinski definition) is 3. The van der Waals surface area contributed by atoms with Crippen LogP contribution in [0.2, 0.25) is 0 Å². The monoisotopic (exact) mass is 216 g/mol. The van der Waals surface area contributed by atoms with Gasteiger partial charge in [0.1, 0.15) is 0 Å². The highest BCUT2D eigenvalue weighted by atomic mass is 32.2. The summed E-state index contributed by atoms with van der Waals surface area (Å²) in [5.41, 5.74) is 5.99. The van der Waals surface area contributed by atoms with Gasteiger partial charge >= 0.3 is 0 Å². The highest BCUT2D eigenvalue weighted by molar-refractivity contribution is 8.00. The lowest BCUT2D eigenvalue weighted by Crippen LogP contribution is -2.50. The molecule has 0 aromatic rings. The smallest absolute Gasteiger partial charge is 0.0226 e. The number of nitrogens with zero attached hydrogens (tertiary/aromatic N) is 1. The first-order valence-corrected chi connectivity index (χ1v) is 6.56. The van der Waals surface area contributed by atoms with Crippen molar-refractivity contribution in [2.75, 3.05) is 25.4 Å². The molecule has 2 nitrogen and oxygen atoms in total. The van der Waals surface area contributed by atoms with Gasteiger partial charge in [0.05, 0.1) is 0 Å². The van der Waals surface area contributed by atoms with Crippen molar-refractivity contribution in [1.82, 2.24) is 4.90 Å². The van der Waals surface area contributed by atoms with Crippen LogP contribution in [0.1, 0.15) is 27.7 Å². The molecule has 1 aliphatic heterocycles. The maximum absolute atomic E-state index is 6.04. The Kier molecular flexibility index (Phi) is 4.29. The predicted molar refractivity (Wildman–Crippen MR) is 65.8 cm³/mol. The number of thioether (sulfide) groups is 1. The SMILES string of the molecule is CC(C)C1CN(CC(C)(C)N)CCS1. The molecule has 0 radical (unpaired) electrons. The minimum Gasteiger partial charge on any atom is -0.324 e. The molecule has 0 spiro atoms. The zero-order valence-electron chi connectivity index (χ0n) is 9.92. The first-order chi connectivity index (χ1) is 6.38. The topological polar surface area (TPSA) is 29.3 Å². The Morgan fingerprint density at radius 3 is 2.64 bits per heavy atom. The molecule has 0 aromatic heterocycles. The highest BCUT2D eigenvalue weighted by Crippen LogP contribution is 2.25. The van der Waals surface area contributed by atoms with E-state index in [0.717, 1.165) is 17.7 Å². The molecule has 1 aliphatic rings. The van der Waals surface area contributed by atoms with Crippen LogP contribution in [0.5, 0.6) is 0 Å². The Bertz CT molecular complexity index is 175. The van der Waals surface area contributed by atoms with Crippen molar-refractivity contribution in [2.45, 2.75) is 38.5 Å².